The molecule has 0 saturated heterocycles. The van der Waals surface area contributed by atoms with Gasteiger partial charge in [-0.3, -0.25) is 37.3 Å². The zero-order chi connectivity index (χ0) is 65.7. The van der Waals surface area contributed by atoms with Gasteiger partial charge < -0.3 is 33.8 Å². The van der Waals surface area contributed by atoms with E-state index in [0.717, 1.165) is 134 Å². The molecule has 0 spiro atoms. The summed E-state index contributed by atoms with van der Waals surface area (Å²) < 4.78 is 68.1. The van der Waals surface area contributed by atoms with Crippen LogP contribution in [0.1, 0.15) is 305 Å². The second-order valence-electron chi connectivity index (χ2n) is 24.6. The van der Waals surface area contributed by atoms with Crippen LogP contribution in [0.5, 0.6) is 0 Å². The third-order valence-electron chi connectivity index (χ3n) is 15.3. The standard InChI is InChI=1S/C70H128O17P2/c1-7-10-12-14-16-18-20-22-24-26-28-30-32-40-46-52-67(72)80-58-66(87-70(75)55-49-43-36-34-38-44-50-62(4)5)61-85-89(78,79)83-57-64(71)56-82-88(76,77)84-60-65(59-81-68(73)53-47-41-37-35-39-45-51-63(6)9-3)86-69(74)54-48-42-33-31-29-27-25-23-21-19-17-15-13-11-8-2/h18-25,62-66,71H,7-17,26-61H2,1-6H3,(H,76,77)(H,78,79)/b20-18-,21-19-,24-22-,25-23-/t63?,64-,65+,66+/m0/s1. The molecule has 89 heavy (non-hydrogen) atoms. The normalized spacial score (nSPS) is 14.8. The van der Waals surface area contributed by atoms with E-state index in [4.69, 9.17) is 37.0 Å². The van der Waals surface area contributed by atoms with Crippen molar-refractivity contribution in [3.05, 3.63) is 48.6 Å². The van der Waals surface area contributed by atoms with Crippen molar-refractivity contribution in [2.45, 2.75) is 323 Å². The lowest BCUT2D eigenvalue weighted by atomic mass is 10.00. The molecule has 3 unspecified atom stereocenters. The second-order valence-corrected chi connectivity index (χ2v) is 27.5. The first-order chi connectivity index (χ1) is 42.9. The number of allylic oxidation sites excluding steroid dienone is 8. The molecule has 0 bridgehead atoms. The Morgan fingerprint density at radius 2 is 0.663 bits per heavy atom. The second kappa shape index (κ2) is 61.2. The lowest BCUT2D eigenvalue weighted by Gasteiger charge is -2.21. The Kier molecular flexibility index (Phi) is 59.2. The predicted octanol–water partition coefficient (Wildman–Crippen LogP) is 19.1. The van der Waals surface area contributed by atoms with Crippen molar-refractivity contribution in [2.24, 2.45) is 11.8 Å². The van der Waals surface area contributed by atoms with Crippen LogP contribution in [0.25, 0.3) is 0 Å². The molecule has 0 heterocycles. The summed E-state index contributed by atoms with van der Waals surface area (Å²) in [6.07, 6.45) is 51.8. The van der Waals surface area contributed by atoms with E-state index >= 15 is 0 Å². The van der Waals surface area contributed by atoms with Crippen LogP contribution in [0.2, 0.25) is 0 Å². The molecule has 19 heteroatoms. The van der Waals surface area contributed by atoms with Gasteiger partial charge >= 0.3 is 39.5 Å². The number of phosphoric ester groups is 2. The number of phosphoric acid groups is 2. The maximum Gasteiger partial charge on any atom is 0.472 e. The van der Waals surface area contributed by atoms with Gasteiger partial charge in [-0.15, -0.1) is 0 Å². The summed E-state index contributed by atoms with van der Waals surface area (Å²) in [5, 5.41) is 10.6. The molecule has 17 nitrogen and oxygen atoms in total. The fourth-order valence-corrected chi connectivity index (χ4v) is 11.1. The van der Waals surface area contributed by atoms with Gasteiger partial charge in [-0.1, -0.05) is 251 Å². The molecule has 0 amide bonds. The molecular formula is C70H128O17P2. The number of aliphatic hydroxyl groups excluding tert-OH is 1. The largest absolute Gasteiger partial charge is 0.472 e. The molecule has 0 aliphatic rings. The highest BCUT2D eigenvalue weighted by atomic mass is 31.2. The van der Waals surface area contributed by atoms with Gasteiger partial charge in [0.15, 0.2) is 12.2 Å². The van der Waals surface area contributed by atoms with Crippen LogP contribution in [0.15, 0.2) is 48.6 Å². The summed E-state index contributed by atoms with van der Waals surface area (Å²) in [6.45, 7) is 9.27. The molecule has 0 aliphatic carbocycles. The Bertz CT molecular complexity index is 1920. The van der Waals surface area contributed by atoms with Gasteiger partial charge in [0.1, 0.15) is 19.3 Å². The molecule has 0 rings (SSSR count). The van der Waals surface area contributed by atoms with E-state index in [1.54, 1.807) is 0 Å². The molecule has 0 radical (unpaired) electrons. The fourth-order valence-electron chi connectivity index (χ4n) is 9.48. The van der Waals surface area contributed by atoms with E-state index in [9.17, 15) is 43.2 Å². The summed E-state index contributed by atoms with van der Waals surface area (Å²) in [6, 6.07) is 0. The Hall–Kier alpha value is -2.98. The van der Waals surface area contributed by atoms with Crippen LogP contribution in [-0.2, 0) is 65.4 Å². The molecule has 0 aromatic heterocycles. The van der Waals surface area contributed by atoms with Crippen LogP contribution in [0, 0.1) is 11.8 Å². The number of carbonyl (C=O) groups excluding carboxylic acids is 4. The van der Waals surface area contributed by atoms with E-state index < -0.39 is 97.5 Å². The van der Waals surface area contributed by atoms with Crippen molar-refractivity contribution in [2.75, 3.05) is 39.6 Å². The van der Waals surface area contributed by atoms with Crippen molar-refractivity contribution >= 4 is 39.5 Å². The SMILES string of the molecule is CCCCCC/C=C\C=C/CCCCCCCC(=O)OC[C@H](COP(=O)(O)OC[C@@H](O)COP(=O)(O)OC[C@@H](COC(=O)CCCCCCCCC(C)CC)OC(=O)CCCCCCC/C=C\C=C/CCCCCC)OC(=O)CCCCCCCCC(C)C. The average Bonchev–Trinajstić information content (AvgIpc) is 3.64. The lowest BCUT2D eigenvalue weighted by molar-refractivity contribution is -0.161. The van der Waals surface area contributed by atoms with Gasteiger partial charge in [0.2, 0.25) is 0 Å². The number of hydrogen-bond acceptors (Lipinski definition) is 15. The first-order valence-electron chi connectivity index (χ1n) is 35.2. The van der Waals surface area contributed by atoms with E-state index in [1.807, 2.05) is 0 Å². The maximum atomic E-state index is 13.0. The number of rotatable bonds is 65. The Morgan fingerprint density at radius 3 is 1.00 bits per heavy atom. The molecule has 0 aromatic carbocycles. The van der Waals surface area contributed by atoms with Gasteiger partial charge in [0, 0.05) is 25.7 Å². The third kappa shape index (κ3) is 62.3. The van der Waals surface area contributed by atoms with Crippen molar-refractivity contribution in [3.63, 3.8) is 0 Å². The van der Waals surface area contributed by atoms with E-state index in [2.05, 4.69) is 90.2 Å². The molecule has 0 aliphatic heterocycles. The summed E-state index contributed by atoms with van der Waals surface area (Å²) in [4.78, 5) is 72.4. The van der Waals surface area contributed by atoms with Crippen molar-refractivity contribution in [3.8, 4) is 0 Å². The number of unbranched alkanes of at least 4 members (excludes halogenated alkanes) is 28. The minimum absolute atomic E-state index is 0.0813. The van der Waals surface area contributed by atoms with E-state index in [1.165, 1.54) is 83.5 Å². The number of ether oxygens (including phenoxy) is 4. The number of hydrogen-bond donors (Lipinski definition) is 3. The van der Waals surface area contributed by atoms with Gasteiger partial charge in [-0.25, -0.2) is 9.13 Å². The van der Waals surface area contributed by atoms with Gasteiger partial charge in [0.25, 0.3) is 0 Å². The first kappa shape index (κ1) is 86.0. The summed E-state index contributed by atoms with van der Waals surface area (Å²) in [5.74, 6) is -0.803. The van der Waals surface area contributed by atoms with Crippen LogP contribution < -0.4 is 0 Å². The summed E-state index contributed by atoms with van der Waals surface area (Å²) >= 11 is 0. The topological polar surface area (TPSA) is 237 Å². The molecule has 520 valence electrons. The summed E-state index contributed by atoms with van der Waals surface area (Å²) in [5.41, 5.74) is 0. The van der Waals surface area contributed by atoms with Crippen molar-refractivity contribution in [1.29, 1.82) is 0 Å². The minimum Gasteiger partial charge on any atom is -0.462 e. The highest BCUT2D eigenvalue weighted by Gasteiger charge is 2.30. The number of carbonyl (C=O) groups is 4. The van der Waals surface area contributed by atoms with E-state index in [0.29, 0.717) is 31.6 Å². The van der Waals surface area contributed by atoms with Gasteiger partial charge in [-0.05, 0) is 88.9 Å². The van der Waals surface area contributed by atoms with Crippen molar-refractivity contribution < 1.29 is 80.2 Å². The molecule has 6 atom stereocenters. The monoisotopic (exact) mass is 1300 g/mol. The van der Waals surface area contributed by atoms with Gasteiger partial charge in [0.05, 0.1) is 26.4 Å². The quantitative estimate of drug-likeness (QED) is 0.0169. The van der Waals surface area contributed by atoms with Crippen LogP contribution in [0.3, 0.4) is 0 Å². The lowest BCUT2D eigenvalue weighted by Crippen LogP contribution is -2.30. The Labute approximate surface area is 540 Å². The molecule has 0 fully saturated rings. The maximum absolute atomic E-state index is 13.0. The minimum atomic E-state index is -4.96. The molecular weight excluding hydrogens is 1170 g/mol. The third-order valence-corrected chi connectivity index (χ3v) is 17.2. The van der Waals surface area contributed by atoms with E-state index in [-0.39, 0.29) is 25.7 Å². The Balaban J connectivity index is 5.28. The first-order valence-corrected chi connectivity index (χ1v) is 38.2. The Morgan fingerprint density at radius 1 is 0.371 bits per heavy atom. The molecule has 3 N–H and O–H groups in total. The number of aliphatic hydroxyl groups is 1. The van der Waals surface area contributed by atoms with Gasteiger partial charge in [-0.2, -0.15) is 0 Å². The summed E-state index contributed by atoms with van der Waals surface area (Å²) in [7, 11) is -9.92. The predicted molar refractivity (Wildman–Crippen MR) is 358 cm³/mol. The smallest absolute Gasteiger partial charge is 0.462 e. The molecule has 0 saturated carbocycles. The van der Waals surface area contributed by atoms with Crippen LogP contribution >= 0.6 is 15.6 Å². The zero-order valence-corrected chi connectivity index (χ0v) is 58.5. The number of esters is 4. The van der Waals surface area contributed by atoms with Crippen LogP contribution in [-0.4, -0.2) is 96.7 Å². The van der Waals surface area contributed by atoms with Crippen molar-refractivity contribution in [1.82, 2.24) is 0 Å². The highest BCUT2D eigenvalue weighted by molar-refractivity contribution is 7.47. The zero-order valence-electron chi connectivity index (χ0n) is 56.7. The van der Waals surface area contributed by atoms with Crippen LogP contribution in [0.4, 0.5) is 0 Å². The highest BCUT2D eigenvalue weighted by Crippen LogP contribution is 2.45. The fraction of sp³-hybridized carbons (Fsp3) is 0.829. The molecule has 0 aromatic rings. The average molecular weight is 1300 g/mol.